The lowest BCUT2D eigenvalue weighted by molar-refractivity contribution is -0.113. The van der Waals surface area contributed by atoms with Gasteiger partial charge in [-0.25, -0.2) is 4.98 Å². The maximum atomic E-state index is 11.9. The Morgan fingerprint density at radius 1 is 1.21 bits per heavy atom. The molecule has 0 saturated carbocycles. The lowest BCUT2D eigenvalue weighted by Crippen LogP contribution is -2.13. The van der Waals surface area contributed by atoms with Crippen LogP contribution in [-0.2, 0) is 4.79 Å². The minimum Gasteiger partial charge on any atom is -0.507 e. The summed E-state index contributed by atoms with van der Waals surface area (Å²) in [6.07, 6.45) is 0. The number of phenols is 1. The molecule has 0 aliphatic rings. The topological polar surface area (TPSA) is 90.9 Å². The van der Waals surface area contributed by atoms with Crippen LogP contribution < -0.4 is 5.32 Å². The summed E-state index contributed by atoms with van der Waals surface area (Å²) in [5.41, 5.74) is 1.23. The van der Waals surface area contributed by atoms with Crippen LogP contribution in [0.25, 0.3) is 11.4 Å². The number of hydrogen-bond donors (Lipinski definition) is 3. The summed E-state index contributed by atoms with van der Waals surface area (Å²) in [7, 11) is 0. The van der Waals surface area contributed by atoms with Crippen LogP contribution in [0.3, 0.4) is 0 Å². The fourth-order valence-corrected chi connectivity index (χ4v) is 2.69. The van der Waals surface area contributed by atoms with Crippen molar-refractivity contribution in [2.45, 2.75) is 5.16 Å². The molecule has 1 heterocycles. The number of phenolic OH excluding ortho intramolecular Hbond substituents is 1. The molecule has 0 spiro atoms. The number of aromatic amines is 1. The van der Waals surface area contributed by atoms with Crippen LogP contribution in [-0.4, -0.2) is 31.9 Å². The first-order chi connectivity index (χ1) is 11.6. The Kier molecular flexibility index (Phi) is 5.02. The fourth-order valence-electron chi connectivity index (χ4n) is 1.97. The van der Waals surface area contributed by atoms with Gasteiger partial charge in [-0.2, -0.15) is 0 Å². The number of thioether (sulfide) groups is 1. The predicted octanol–water partition coefficient (Wildman–Crippen LogP) is 3.56. The molecule has 3 N–H and O–H groups in total. The molecule has 8 heteroatoms. The number of H-pyrrole nitrogens is 1. The quantitative estimate of drug-likeness (QED) is 0.605. The molecule has 2 aromatic carbocycles. The third-order valence-corrected chi connectivity index (χ3v) is 4.18. The van der Waals surface area contributed by atoms with E-state index < -0.39 is 0 Å². The van der Waals surface area contributed by atoms with Gasteiger partial charge in [-0.15, -0.1) is 5.10 Å². The highest BCUT2D eigenvalue weighted by Crippen LogP contribution is 2.26. The highest BCUT2D eigenvalue weighted by molar-refractivity contribution is 7.99. The number of carbonyl (C=O) groups excluding carboxylic acids is 1. The van der Waals surface area contributed by atoms with Gasteiger partial charge in [0.1, 0.15) is 5.75 Å². The number of rotatable bonds is 5. The van der Waals surface area contributed by atoms with Gasteiger partial charge in [-0.1, -0.05) is 35.5 Å². The minimum atomic E-state index is -0.170. The largest absolute Gasteiger partial charge is 0.507 e. The molecule has 0 radical (unpaired) electrons. The standard InChI is InChI=1S/C16H13ClN4O2S/c17-10-5-7-11(8-6-10)18-14(23)9-24-16-19-15(20-21-16)12-3-1-2-4-13(12)22/h1-8,22H,9H2,(H,18,23)(H,19,20,21). The maximum Gasteiger partial charge on any atom is 0.234 e. The number of aromatic nitrogens is 3. The highest BCUT2D eigenvalue weighted by Gasteiger charge is 2.11. The third kappa shape index (κ3) is 4.06. The van der Waals surface area contributed by atoms with E-state index in [2.05, 4.69) is 20.5 Å². The summed E-state index contributed by atoms with van der Waals surface area (Å²) in [4.78, 5) is 16.2. The van der Waals surface area contributed by atoms with Gasteiger partial charge in [-0.05, 0) is 36.4 Å². The van der Waals surface area contributed by atoms with Crippen molar-refractivity contribution < 1.29 is 9.90 Å². The van der Waals surface area contributed by atoms with Crippen LogP contribution in [0.15, 0.2) is 53.7 Å². The van der Waals surface area contributed by atoms with E-state index in [9.17, 15) is 9.90 Å². The van der Waals surface area contributed by atoms with Crippen LogP contribution in [0.1, 0.15) is 0 Å². The van der Waals surface area contributed by atoms with Gasteiger partial charge in [0.2, 0.25) is 11.1 Å². The number of aromatic hydroxyl groups is 1. The molecule has 1 amide bonds. The second-order valence-electron chi connectivity index (χ2n) is 4.83. The molecule has 0 atom stereocenters. The molecule has 0 saturated heterocycles. The van der Waals surface area contributed by atoms with Gasteiger partial charge < -0.3 is 10.4 Å². The summed E-state index contributed by atoms with van der Waals surface area (Å²) in [6, 6.07) is 13.7. The monoisotopic (exact) mass is 360 g/mol. The number of halogens is 1. The van der Waals surface area contributed by atoms with Gasteiger partial charge in [0, 0.05) is 10.7 Å². The van der Waals surface area contributed by atoms with E-state index in [0.717, 1.165) is 0 Å². The molecule has 24 heavy (non-hydrogen) atoms. The Labute approximate surface area is 147 Å². The smallest absolute Gasteiger partial charge is 0.234 e. The van der Waals surface area contributed by atoms with Crippen LogP contribution >= 0.6 is 23.4 Å². The third-order valence-electron chi connectivity index (χ3n) is 3.08. The number of nitrogens with zero attached hydrogens (tertiary/aromatic N) is 2. The zero-order valence-corrected chi connectivity index (χ0v) is 13.9. The Hall–Kier alpha value is -2.51. The number of para-hydroxylation sites is 1. The first kappa shape index (κ1) is 16.4. The van der Waals surface area contributed by atoms with E-state index in [1.165, 1.54) is 11.8 Å². The van der Waals surface area contributed by atoms with E-state index in [-0.39, 0.29) is 17.4 Å². The number of amides is 1. The normalized spacial score (nSPS) is 10.5. The molecular formula is C16H13ClN4O2S. The first-order valence-electron chi connectivity index (χ1n) is 7.01. The number of benzene rings is 2. The Morgan fingerprint density at radius 3 is 2.71 bits per heavy atom. The molecule has 3 aromatic rings. The highest BCUT2D eigenvalue weighted by atomic mass is 35.5. The van der Waals surface area contributed by atoms with E-state index >= 15 is 0 Å². The summed E-state index contributed by atoms with van der Waals surface area (Å²) in [5, 5.41) is 20.4. The second-order valence-corrected chi connectivity index (χ2v) is 6.21. The average Bonchev–Trinajstić information content (AvgIpc) is 3.04. The Bertz CT molecular complexity index is 851. The van der Waals surface area contributed by atoms with Gasteiger partial charge >= 0.3 is 0 Å². The van der Waals surface area contributed by atoms with Gasteiger partial charge in [0.05, 0.1) is 11.3 Å². The van der Waals surface area contributed by atoms with Crippen molar-refractivity contribution in [2.75, 3.05) is 11.1 Å². The van der Waals surface area contributed by atoms with Gasteiger partial charge in [0.25, 0.3) is 0 Å². The molecule has 0 unspecified atom stereocenters. The minimum absolute atomic E-state index is 0.116. The fraction of sp³-hybridized carbons (Fsp3) is 0.0625. The van der Waals surface area contributed by atoms with Crippen molar-refractivity contribution >= 4 is 35.0 Å². The summed E-state index contributed by atoms with van der Waals surface area (Å²) in [5.74, 6) is 0.566. The average molecular weight is 361 g/mol. The number of hydrogen-bond acceptors (Lipinski definition) is 5. The molecule has 122 valence electrons. The van der Waals surface area contributed by atoms with Crippen molar-refractivity contribution in [1.29, 1.82) is 0 Å². The number of anilines is 1. The Morgan fingerprint density at radius 2 is 1.96 bits per heavy atom. The van der Waals surface area contributed by atoms with E-state index in [4.69, 9.17) is 11.6 Å². The maximum absolute atomic E-state index is 11.9. The zero-order chi connectivity index (χ0) is 16.9. The van der Waals surface area contributed by atoms with Crippen molar-refractivity contribution in [3.8, 4) is 17.1 Å². The van der Waals surface area contributed by atoms with E-state index in [0.29, 0.717) is 27.3 Å². The molecule has 0 bridgehead atoms. The lowest BCUT2D eigenvalue weighted by atomic mass is 10.2. The molecular weight excluding hydrogens is 348 g/mol. The van der Waals surface area contributed by atoms with Crippen molar-refractivity contribution in [3.05, 3.63) is 53.6 Å². The summed E-state index contributed by atoms with van der Waals surface area (Å²) in [6.45, 7) is 0. The first-order valence-corrected chi connectivity index (χ1v) is 8.37. The molecule has 0 aliphatic carbocycles. The molecule has 6 nitrogen and oxygen atoms in total. The van der Waals surface area contributed by atoms with Crippen LogP contribution in [0.2, 0.25) is 5.02 Å². The number of nitrogens with one attached hydrogen (secondary N) is 2. The molecule has 1 aromatic heterocycles. The lowest BCUT2D eigenvalue weighted by Gasteiger charge is -2.03. The van der Waals surface area contributed by atoms with Crippen LogP contribution in [0.5, 0.6) is 5.75 Å². The van der Waals surface area contributed by atoms with Crippen LogP contribution in [0.4, 0.5) is 5.69 Å². The van der Waals surface area contributed by atoms with Crippen LogP contribution in [0, 0.1) is 0 Å². The van der Waals surface area contributed by atoms with E-state index in [1.54, 1.807) is 48.5 Å². The van der Waals surface area contributed by atoms with Crippen molar-refractivity contribution in [2.24, 2.45) is 0 Å². The Balaban J connectivity index is 1.58. The molecule has 3 rings (SSSR count). The zero-order valence-electron chi connectivity index (χ0n) is 12.4. The van der Waals surface area contributed by atoms with Gasteiger partial charge in [0.15, 0.2) is 5.82 Å². The summed E-state index contributed by atoms with van der Waals surface area (Å²) < 4.78 is 0. The molecule has 0 aliphatic heterocycles. The molecule has 0 fully saturated rings. The second kappa shape index (κ2) is 7.37. The van der Waals surface area contributed by atoms with E-state index in [1.807, 2.05) is 0 Å². The summed E-state index contributed by atoms with van der Waals surface area (Å²) >= 11 is 7.00. The predicted molar refractivity (Wildman–Crippen MR) is 94.3 cm³/mol. The van der Waals surface area contributed by atoms with Gasteiger partial charge in [-0.3, -0.25) is 9.89 Å². The van der Waals surface area contributed by atoms with Crippen molar-refractivity contribution in [3.63, 3.8) is 0 Å². The number of carbonyl (C=O) groups is 1. The SMILES string of the molecule is O=C(CSc1n[nH]c(-c2ccccc2O)n1)Nc1ccc(Cl)cc1. The van der Waals surface area contributed by atoms with Crippen molar-refractivity contribution in [1.82, 2.24) is 15.2 Å².